The number of halogens is 4. The molecule has 0 aliphatic carbocycles. The van der Waals surface area contributed by atoms with Gasteiger partial charge in [0.2, 0.25) is 0 Å². The van der Waals surface area contributed by atoms with E-state index in [0.717, 1.165) is 23.8 Å². The first-order valence-corrected chi connectivity index (χ1v) is 11.9. The first-order valence-electron chi connectivity index (χ1n) is 10.7. The predicted octanol–water partition coefficient (Wildman–Crippen LogP) is 5.57. The average Bonchev–Trinajstić information content (AvgIpc) is 2.85. The number of aromatic nitrogens is 2. The van der Waals surface area contributed by atoms with Crippen molar-refractivity contribution in [3.05, 3.63) is 104 Å². The zero-order chi connectivity index (χ0) is 26.7. The van der Waals surface area contributed by atoms with Gasteiger partial charge in [-0.25, -0.2) is 9.78 Å². The van der Waals surface area contributed by atoms with E-state index in [4.69, 9.17) is 11.6 Å². The molecule has 190 valence electrons. The summed E-state index contributed by atoms with van der Waals surface area (Å²) >= 11 is 6.37. The largest absolute Gasteiger partial charge is 0.417 e. The lowest BCUT2D eigenvalue weighted by atomic mass is 10.1. The first-order chi connectivity index (χ1) is 17.5. The van der Waals surface area contributed by atoms with E-state index in [9.17, 15) is 27.6 Å². The number of rotatable bonds is 5. The zero-order valence-electron chi connectivity index (χ0n) is 19.1. The maximum atomic E-state index is 12.8. The Balaban J connectivity index is 1.38. The summed E-state index contributed by atoms with van der Waals surface area (Å²) in [6.07, 6.45) is -4.59. The number of carbonyl (C=O) groups is 2. The number of imide groups is 1. The van der Waals surface area contributed by atoms with Crippen molar-refractivity contribution >= 4 is 46.5 Å². The van der Waals surface area contributed by atoms with Crippen molar-refractivity contribution in [3.63, 3.8) is 0 Å². The molecular weight excluding hydrogens is 529 g/mol. The molecule has 0 aliphatic rings. The van der Waals surface area contributed by atoms with Gasteiger partial charge in [0.15, 0.2) is 0 Å². The third kappa shape index (κ3) is 6.12. The van der Waals surface area contributed by atoms with Crippen LogP contribution in [0.1, 0.15) is 27.2 Å². The zero-order valence-corrected chi connectivity index (χ0v) is 20.7. The Bertz CT molecular complexity index is 1560. The van der Waals surface area contributed by atoms with Crippen molar-refractivity contribution in [3.8, 4) is 0 Å². The topological polar surface area (TPSA) is 93.1 Å². The number of nitrogens with zero attached hydrogens (tertiary/aromatic N) is 2. The summed E-state index contributed by atoms with van der Waals surface area (Å²) in [6.45, 7) is 1.91. The Morgan fingerprint density at radius 1 is 1.05 bits per heavy atom. The standard InChI is InChI=1S/C25H18ClF3N4O3S/c1-14-23(35)33(21-5-3-2-4-20(21)30-14)13-15-6-8-16(9-7-15)22(34)31-24(36)32-37-17-10-11-18(19(26)12-17)25(27,28)29/h2-12H,13H2,1H3,(H2,31,32,34,36). The summed E-state index contributed by atoms with van der Waals surface area (Å²) in [7, 11) is 0. The van der Waals surface area contributed by atoms with Crippen molar-refractivity contribution in [1.29, 1.82) is 0 Å². The summed E-state index contributed by atoms with van der Waals surface area (Å²) in [5, 5.41) is 1.63. The molecule has 0 spiro atoms. The molecule has 1 aromatic heterocycles. The van der Waals surface area contributed by atoms with Gasteiger partial charge in [-0.2, -0.15) is 13.2 Å². The number of alkyl halides is 3. The molecule has 7 nitrogen and oxygen atoms in total. The molecule has 0 radical (unpaired) electrons. The van der Waals surface area contributed by atoms with E-state index in [-0.39, 0.29) is 22.6 Å². The molecule has 4 rings (SSSR count). The van der Waals surface area contributed by atoms with Gasteiger partial charge in [0.25, 0.3) is 11.5 Å². The predicted molar refractivity (Wildman–Crippen MR) is 135 cm³/mol. The fraction of sp³-hybridized carbons (Fsp3) is 0.120. The van der Waals surface area contributed by atoms with Gasteiger partial charge in [0, 0.05) is 10.5 Å². The molecule has 0 saturated heterocycles. The van der Waals surface area contributed by atoms with Crippen molar-refractivity contribution < 1.29 is 22.8 Å². The van der Waals surface area contributed by atoms with E-state index in [1.54, 1.807) is 29.7 Å². The number of fused-ring (bicyclic) bond motifs is 1. The first kappa shape index (κ1) is 26.2. The highest BCUT2D eigenvalue weighted by molar-refractivity contribution is 7.98. The Kier molecular flexibility index (Phi) is 7.55. The monoisotopic (exact) mass is 546 g/mol. The molecule has 0 atom stereocenters. The molecule has 0 unspecified atom stereocenters. The SMILES string of the molecule is Cc1nc2ccccc2n(Cc2ccc(C(=O)NC(=O)NSc3ccc(C(F)(F)F)c(Cl)c3)cc2)c1=O. The van der Waals surface area contributed by atoms with Gasteiger partial charge in [-0.05, 0) is 66.9 Å². The van der Waals surface area contributed by atoms with Crippen molar-refractivity contribution in [2.45, 2.75) is 24.5 Å². The van der Waals surface area contributed by atoms with E-state index in [0.29, 0.717) is 28.7 Å². The third-order valence-electron chi connectivity index (χ3n) is 5.31. The number of benzene rings is 3. The summed E-state index contributed by atoms with van der Waals surface area (Å²) in [5.41, 5.74) is 1.50. The number of carbonyl (C=O) groups excluding carboxylic acids is 2. The molecule has 12 heteroatoms. The maximum Gasteiger partial charge on any atom is 0.417 e. The number of aryl methyl sites for hydroxylation is 1. The second-order valence-corrected chi connectivity index (χ2v) is 9.19. The van der Waals surface area contributed by atoms with E-state index in [1.165, 1.54) is 12.1 Å². The highest BCUT2D eigenvalue weighted by Crippen LogP contribution is 2.36. The molecule has 1 heterocycles. The minimum absolute atomic E-state index is 0.199. The quantitative estimate of drug-likeness (QED) is 0.319. The molecule has 3 aromatic carbocycles. The Hall–Kier alpha value is -3.83. The van der Waals surface area contributed by atoms with Crippen molar-refractivity contribution in [2.75, 3.05) is 0 Å². The molecule has 0 fully saturated rings. The van der Waals surface area contributed by atoms with Crippen molar-refractivity contribution in [2.24, 2.45) is 0 Å². The van der Waals surface area contributed by atoms with Crippen LogP contribution in [-0.2, 0) is 12.7 Å². The van der Waals surface area contributed by atoms with Crippen LogP contribution in [-0.4, -0.2) is 21.5 Å². The van der Waals surface area contributed by atoms with Gasteiger partial charge < -0.3 is 4.57 Å². The van der Waals surface area contributed by atoms with E-state index in [2.05, 4.69) is 15.0 Å². The molecule has 37 heavy (non-hydrogen) atoms. The summed E-state index contributed by atoms with van der Waals surface area (Å²) in [4.78, 5) is 41.7. The van der Waals surface area contributed by atoms with Crippen molar-refractivity contribution in [1.82, 2.24) is 19.6 Å². The molecule has 0 saturated carbocycles. The highest BCUT2D eigenvalue weighted by Gasteiger charge is 2.33. The van der Waals surface area contributed by atoms with Gasteiger partial charge in [-0.15, -0.1) is 0 Å². The average molecular weight is 547 g/mol. The van der Waals surface area contributed by atoms with Crippen LogP contribution in [0.4, 0.5) is 18.0 Å². The molecule has 3 amide bonds. The number of hydrogen-bond donors (Lipinski definition) is 2. The van der Waals surface area contributed by atoms with Gasteiger partial charge in [0.1, 0.15) is 5.69 Å². The number of nitrogens with one attached hydrogen (secondary N) is 2. The van der Waals surface area contributed by atoms with Crippen LogP contribution in [0, 0.1) is 6.92 Å². The maximum absolute atomic E-state index is 12.8. The third-order valence-corrected chi connectivity index (χ3v) is 6.40. The van der Waals surface area contributed by atoms with Gasteiger partial charge in [-0.1, -0.05) is 35.9 Å². The van der Waals surface area contributed by atoms with Gasteiger partial charge in [-0.3, -0.25) is 19.6 Å². The number of amides is 3. The van der Waals surface area contributed by atoms with Crippen LogP contribution in [0.3, 0.4) is 0 Å². The minimum atomic E-state index is -4.59. The van der Waals surface area contributed by atoms with E-state index < -0.39 is 28.7 Å². The van der Waals surface area contributed by atoms with Crippen LogP contribution < -0.4 is 15.6 Å². The van der Waals surface area contributed by atoms with Crippen LogP contribution >= 0.6 is 23.5 Å². The molecule has 0 bridgehead atoms. The molecular formula is C25H18ClF3N4O3S. The number of urea groups is 1. The lowest BCUT2D eigenvalue weighted by Gasteiger charge is -2.12. The Labute approximate surface area is 217 Å². The Morgan fingerprint density at radius 3 is 2.43 bits per heavy atom. The fourth-order valence-electron chi connectivity index (χ4n) is 3.52. The van der Waals surface area contributed by atoms with Gasteiger partial charge >= 0.3 is 12.2 Å². The van der Waals surface area contributed by atoms with E-state index in [1.807, 2.05) is 18.2 Å². The molecule has 4 aromatic rings. The lowest BCUT2D eigenvalue weighted by Crippen LogP contribution is -2.36. The van der Waals surface area contributed by atoms with Crippen LogP contribution in [0.5, 0.6) is 0 Å². The molecule has 2 N–H and O–H groups in total. The highest BCUT2D eigenvalue weighted by atomic mass is 35.5. The summed E-state index contributed by atoms with van der Waals surface area (Å²) in [6, 6.07) is 15.8. The Morgan fingerprint density at radius 2 is 1.76 bits per heavy atom. The summed E-state index contributed by atoms with van der Waals surface area (Å²) < 4.78 is 42.3. The second kappa shape index (κ2) is 10.7. The number of hydrogen-bond acceptors (Lipinski definition) is 5. The minimum Gasteiger partial charge on any atom is -0.301 e. The fourth-order valence-corrected chi connectivity index (χ4v) is 4.44. The van der Waals surface area contributed by atoms with Gasteiger partial charge in [0.05, 0.1) is 28.2 Å². The normalized spacial score (nSPS) is 11.4. The lowest BCUT2D eigenvalue weighted by molar-refractivity contribution is -0.137. The second-order valence-electron chi connectivity index (χ2n) is 7.90. The van der Waals surface area contributed by atoms with Crippen LogP contribution in [0.25, 0.3) is 11.0 Å². The summed E-state index contributed by atoms with van der Waals surface area (Å²) in [5.74, 6) is -0.683. The van der Waals surface area contributed by atoms with E-state index >= 15 is 0 Å². The van der Waals surface area contributed by atoms with Crippen LogP contribution in [0.2, 0.25) is 5.02 Å². The number of para-hydroxylation sites is 2. The molecule has 0 aliphatic heterocycles. The van der Waals surface area contributed by atoms with Crippen LogP contribution in [0.15, 0.2) is 76.4 Å². The smallest absolute Gasteiger partial charge is 0.301 e.